The predicted octanol–water partition coefficient (Wildman–Crippen LogP) is 5.96. The normalized spacial score (nSPS) is 10.8. The molecule has 0 aliphatic carbocycles. The summed E-state index contributed by atoms with van der Waals surface area (Å²) >= 11 is 6.88. The van der Waals surface area contributed by atoms with E-state index in [1.165, 1.54) is 7.11 Å². The third kappa shape index (κ3) is 6.58. The Kier molecular flexibility index (Phi) is 8.70. The van der Waals surface area contributed by atoms with E-state index in [2.05, 4.69) is 42.4 Å². The molecule has 1 amide bonds. The molecule has 8 heteroatoms. The number of hydrogen-bond donors (Lipinski definition) is 1. The van der Waals surface area contributed by atoms with Gasteiger partial charge in [-0.05, 0) is 61.0 Å². The zero-order valence-electron chi connectivity index (χ0n) is 17.6. The van der Waals surface area contributed by atoms with E-state index in [9.17, 15) is 4.79 Å². The molecule has 3 aromatic carbocycles. The number of nitrogens with one attached hydrogen (secondary N) is 1. The molecule has 0 radical (unpaired) electrons. The number of methoxy groups -OCH3 is 1. The van der Waals surface area contributed by atoms with Crippen molar-refractivity contribution in [1.82, 2.24) is 5.43 Å². The summed E-state index contributed by atoms with van der Waals surface area (Å²) < 4.78 is 18.6. The second kappa shape index (κ2) is 11.7. The van der Waals surface area contributed by atoms with Gasteiger partial charge >= 0.3 is 0 Å². The second-order valence-corrected chi connectivity index (χ2v) is 8.43. The Balaban J connectivity index is 1.68. The zero-order chi connectivity index (χ0) is 22.9. The molecule has 166 valence electrons. The molecular formula is C24H22Br2N2O4. The smallest absolute Gasteiger partial charge is 0.271 e. The van der Waals surface area contributed by atoms with Gasteiger partial charge in [0.2, 0.25) is 0 Å². The molecule has 0 fully saturated rings. The summed E-state index contributed by atoms with van der Waals surface area (Å²) in [6, 6.07) is 18.5. The van der Waals surface area contributed by atoms with Crippen LogP contribution in [-0.4, -0.2) is 25.8 Å². The monoisotopic (exact) mass is 560 g/mol. The second-order valence-electron chi connectivity index (χ2n) is 6.60. The van der Waals surface area contributed by atoms with E-state index < -0.39 is 0 Å². The molecule has 0 heterocycles. The van der Waals surface area contributed by atoms with Crippen LogP contribution in [0, 0.1) is 0 Å². The van der Waals surface area contributed by atoms with Crippen molar-refractivity contribution in [2.24, 2.45) is 5.10 Å². The topological polar surface area (TPSA) is 69.2 Å². The number of hydrogen-bond acceptors (Lipinski definition) is 5. The largest absolute Gasteiger partial charge is 0.493 e. The maximum absolute atomic E-state index is 12.5. The molecule has 0 aromatic heterocycles. The summed E-state index contributed by atoms with van der Waals surface area (Å²) in [5.41, 5.74) is 4.70. The molecule has 0 saturated carbocycles. The Labute approximate surface area is 203 Å². The summed E-state index contributed by atoms with van der Waals surface area (Å²) in [7, 11) is 1.53. The summed E-state index contributed by atoms with van der Waals surface area (Å²) in [5.74, 6) is 1.35. The van der Waals surface area contributed by atoms with Crippen molar-refractivity contribution in [2.45, 2.75) is 13.5 Å². The van der Waals surface area contributed by atoms with E-state index in [1.807, 2.05) is 49.4 Å². The van der Waals surface area contributed by atoms with Crippen LogP contribution in [0.15, 0.2) is 74.7 Å². The number of benzene rings is 3. The van der Waals surface area contributed by atoms with E-state index in [4.69, 9.17) is 14.2 Å². The van der Waals surface area contributed by atoms with E-state index in [-0.39, 0.29) is 5.91 Å². The van der Waals surface area contributed by atoms with Gasteiger partial charge in [0.25, 0.3) is 5.91 Å². The number of ether oxygens (including phenoxy) is 3. The van der Waals surface area contributed by atoms with Gasteiger partial charge in [-0.3, -0.25) is 4.79 Å². The molecule has 6 nitrogen and oxygen atoms in total. The first kappa shape index (κ1) is 23.8. The van der Waals surface area contributed by atoms with Crippen molar-refractivity contribution < 1.29 is 19.0 Å². The molecule has 0 aliphatic rings. The lowest BCUT2D eigenvalue weighted by molar-refractivity contribution is 0.0954. The first-order chi connectivity index (χ1) is 15.5. The van der Waals surface area contributed by atoms with Crippen molar-refractivity contribution in [3.8, 4) is 17.2 Å². The fourth-order valence-corrected chi connectivity index (χ4v) is 3.45. The lowest BCUT2D eigenvalue weighted by atomic mass is 10.2. The highest BCUT2D eigenvalue weighted by Crippen LogP contribution is 2.28. The quantitative estimate of drug-likeness (QED) is 0.258. The number of halogens is 2. The SMILES string of the molecule is CCOc1ccc(C(=O)N/N=C/c2cc(Br)ccc2OCc2ccc(Br)cc2)cc1OC. The molecule has 32 heavy (non-hydrogen) atoms. The minimum absolute atomic E-state index is 0.366. The fourth-order valence-electron chi connectivity index (χ4n) is 2.80. The van der Waals surface area contributed by atoms with Gasteiger partial charge in [-0.25, -0.2) is 5.43 Å². The first-order valence-electron chi connectivity index (χ1n) is 9.81. The Morgan fingerprint density at radius 2 is 1.66 bits per heavy atom. The van der Waals surface area contributed by atoms with Crippen LogP contribution in [0.5, 0.6) is 17.2 Å². The van der Waals surface area contributed by atoms with Crippen molar-refractivity contribution in [3.05, 3.63) is 86.3 Å². The van der Waals surface area contributed by atoms with Gasteiger partial charge in [0.05, 0.1) is 19.9 Å². The number of rotatable bonds is 9. The Hall–Kier alpha value is -2.84. The van der Waals surface area contributed by atoms with Gasteiger partial charge < -0.3 is 14.2 Å². The van der Waals surface area contributed by atoms with Crippen LogP contribution in [0.1, 0.15) is 28.4 Å². The standard InChI is InChI=1S/C24H22Br2N2O4/c1-3-31-22-10-6-17(13-23(22)30-2)24(29)28-27-14-18-12-20(26)9-11-21(18)32-15-16-4-7-19(25)8-5-16/h4-14H,3,15H2,1-2H3,(H,28,29)/b27-14+. The van der Waals surface area contributed by atoms with Gasteiger partial charge in [-0.15, -0.1) is 0 Å². The number of amides is 1. The molecule has 0 bridgehead atoms. The fraction of sp³-hybridized carbons (Fsp3) is 0.167. The van der Waals surface area contributed by atoms with E-state index >= 15 is 0 Å². The van der Waals surface area contributed by atoms with E-state index in [0.717, 1.165) is 20.1 Å². The number of nitrogens with zero attached hydrogens (tertiary/aromatic N) is 1. The highest BCUT2D eigenvalue weighted by Gasteiger charge is 2.11. The van der Waals surface area contributed by atoms with Gasteiger partial charge in [-0.2, -0.15) is 5.10 Å². The maximum atomic E-state index is 12.5. The molecule has 3 aromatic rings. The highest BCUT2D eigenvalue weighted by molar-refractivity contribution is 9.10. The minimum atomic E-state index is -0.366. The van der Waals surface area contributed by atoms with Crippen LogP contribution in [0.2, 0.25) is 0 Å². The molecule has 0 aliphatic heterocycles. The molecule has 3 rings (SSSR count). The lowest BCUT2D eigenvalue weighted by Gasteiger charge is -2.11. The maximum Gasteiger partial charge on any atom is 0.271 e. The first-order valence-corrected chi connectivity index (χ1v) is 11.4. The molecule has 1 N–H and O–H groups in total. The number of carbonyl (C=O) groups excluding carboxylic acids is 1. The van der Waals surface area contributed by atoms with Crippen molar-refractivity contribution in [3.63, 3.8) is 0 Å². The van der Waals surface area contributed by atoms with Gasteiger partial charge in [0, 0.05) is 20.1 Å². The highest BCUT2D eigenvalue weighted by atomic mass is 79.9. The van der Waals surface area contributed by atoms with Crippen LogP contribution in [0.25, 0.3) is 0 Å². The Morgan fingerprint density at radius 1 is 0.938 bits per heavy atom. The molecule has 0 atom stereocenters. The number of hydrazone groups is 1. The van der Waals surface area contributed by atoms with Crippen LogP contribution in [-0.2, 0) is 6.61 Å². The van der Waals surface area contributed by atoms with Crippen molar-refractivity contribution >= 4 is 44.0 Å². The Bertz CT molecular complexity index is 1100. The Morgan fingerprint density at radius 3 is 2.38 bits per heavy atom. The summed E-state index contributed by atoms with van der Waals surface area (Å²) in [4.78, 5) is 12.5. The summed E-state index contributed by atoms with van der Waals surface area (Å²) in [5, 5.41) is 4.10. The number of carbonyl (C=O) groups is 1. The van der Waals surface area contributed by atoms with Gasteiger partial charge in [0.15, 0.2) is 11.5 Å². The molecule has 0 spiro atoms. The zero-order valence-corrected chi connectivity index (χ0v) is 20.8. The summed E-state index contributed by atoms with van der Waals surface area (Å²) in [6.45, 7) is 2.80. The average Bonchev–Trinajstić information content (AvgIpc) is 2.80. The van der Waals surface area contributed by atoms with Crippen LogP contribution in [0.4, 0.5) is 0 Å². The van der Waals surface area contributed by atoms with Crippen LogP contribution in [0.3, 0.4) is 0 Å². The summed E-state index contributed by atoms with van der Waals surface area (Å²) in [6.07, 6.45) is 1.55. The van der Waals surface area contributed by atoms with E-state index in [0.29, 0.717) is 36.0 Å². The van der Waals surface area contributed by atoms with Crippen molar-refractivity contribution in [2.75, 3.05) is 13.7 Å². The van der Waals surface area contributed by atoms with Crippen molar-refractivity contribution in [1.29, 1.82) is 0 Å². The molecule has 0 unspecified atom stereocenters. The minimum Gasteiger partial charge on any atom is -0.493 e. The predicted molar refractivity (Wildman–Crippen MR) is 132 cm³/mol. The third-order valence-corrected chi connectivity index (χ3v) is 5.40. The average molecular weight is 562 g/mol. The van der Waals surface area contributed by atoms with Gasteiger partial charge in [-0.1, -0.05) is 44.0 Å². The lowest BCUT2D eigenvalue weighted by Crippen LogP contribution is -2.17. The third-order valence-electron chi connectivity index (χ3n) is 4.37. The van der Waals surface area contributed by atoms with Crippen LogP contribution < -0.4 is 19.6 Å². The van der Waals surface area contributed by atoms with Gasteiger partial charge in [0.1, 0.15) is 12.4 Å². The van der Waals surface area contributed by atoms with Crippen LogP contribution >= 0.6 is 31.9 Å². The molecule has 0 saturated heterocycles. The molecular weight excluding hydrogens is 540 g/mol. The van der Waals surface area contributed by atoms with E-state index in [1.54, 1.807) is 24.4 Å².